The number of hydrogen-bond donors (Lipinski definition) is 0. The summed E-state index contributed by atoms with van der Waals surface area (Å²) in [5.41, 5.74) is 2.85. The predicted octanol–water partition coefficient (Wildman–Crippen LogP) is 2.36. The summed E-state index contributed by atoms with van der Waals surface area (Å²) in [6.45, 7) is 0.262. The number of pyridine rings is 1. The van der Waals surface area contributed by atoms with Gasteiger partial charge in [-0.3, -0.25) is 4.98 Å². The van der Waals surface area contributed by atoms with Crippen LogP contribution in [0.15, 0.2) is 36.7 Å². The van der Waals surface area contributed by atoms with E-state index in [1.807, 2.05) is 35.9 Å². The van der Waals surface area contributed by atoms with Crippen LogP contribution in [0.3, 0.4) is 0 Å². The molecule has 1 aliphatic heterocycles. The first kappa shape index (κ1) is 10.4. The molecule has 1 aromatic carbocycles. The highest BCUT2D eigenvalue weighted by molar-refractivity contribution is 5.82. The molecule has 4 rings (SSSR count). The summed E-state index contributed by atoms with van der Waals surface area (Å²) in [5, 5.41) is 0. The molecule has 0 spiro atoms. The third-order valence-corrected chi connectivity index (χ3v) is 3.32. The number of para-hydroxylation sites is 1. The Morgan fingerprint density at radius 1 is 1.21 bits per heavy atom. The summed E-state index contributed by atoms with van der Waals surface area (Å²) in [6.07, 6.45) is 3.53. The van der Waals surface area contributed by atoms with Gasteiger partial charge in [-0.25, -0.2) is 4.98 Å². The first-order valence-corrected chi connectivity index (χ1v) is 6.00. The van der Waals surface area contributed by atoms with Crippen LogP contribution in [-0.4, -0.2) is 21.3 Å². The van der Waals surface area contributed by atoms with E-state index in [9.17, 15) is 0 Å². The summed E-state index contributed by atoms with van der Waals surface area (Å²) in [6, 6.07) is 7.78. The van der Waals surface area contributed by atoms with Gasteiger partial charge in [0.05, 0.1) is 17.3 Å². The van der Waals surface area contributed by atoms with Gasteiger partial charge in [0.15, 0.2) is 11.5 Å². The largest absolute Gasteiger partial charge is 0.454 e. The third kappa shape index (κ3) is 1.41. The van der Waals surface area contributed by atoms with E-state index in [-0.39, 0.29) is 6.79 Å². The van der Waals surface area contributed by atoms with Crippen molar-refractivity contribution in [3.05, 3.63) is 36.7 Å². The highest BCUT2D eigenvalue weighted by Crippen LogP contribution is 2.41. The Hall–Kier alpha value is -2.56. The molecule has 94 valence electrons. The van der Waals surface area contributed by atoms with Crippen LogP contribution >= 0.6 is 0 Å². The summed E-state index contributed by atoms with van der Waals surface area (Å²) >= 11 is 0. The number of rotatable bonds is 1. The number of imidazole rings is 1. The minimum absolute atomic E-state index is 0.262. The van der Waals surface area contributed by atoms with Crippen molar-refractivity contribution in [2.75, 3.05) is 6.79 Å². The maximum Gasteiger partial charge on any atom is 0.231 e. The molecule has 0 saturated heterocycles. The van der Waals surface area contributed by atoms with Crippen molar-refractivity contribution in [3.8, 4) is 22.9 Å². The predicted molar refractivity (Wildman–Crippen MR) is 70.1 cm³/mol. The van der Waals surface area contributed by atoms with E-state index >= 15 is 0 Å². The van der Waals surface area contributed by atoms with Crippen LogP contribution < -0.4 is 9.47 Å². The molecule has 0 saturated carbocycles. The van der Waals surface area contributed by atoms with Crippen LogP contribution in [0.1, 0.15) is 0 Å². The molecule has 1 aliphatic rings. The molecule has 0 aliphatic carbocycles. The molecule has 19 heavy (non-hydrogen) atoms. The molecular formula is C14H11N3O2. The molecule has 0 amide bonds. The molecule has 5 nitrogen and oxygen atoms in total. The fraction of sp³-hybridized carbons (Fsp3) is 0.143. The minimum atomic E-state index is 0.262. The number of aryl methyl sites for hydroxylation is 1. The Morgan fingerprint density at radius 3 is 3.05 bits per heavy atom. The van der Waals surface area contributed by atoms with Gasteiger partial charge < -0.3 is 14.0 Å². The van der Waals surface area contributed by atoms with Crippen molar-refractivity contribution in [2.45, 2.75) is 0 Å². The maximum absolute atomic E-state index is 5.54. The van der Waals surface area contributed by atoms with Crippen molar-refractivity contribution in [1.29, 1.82) is 0 Å². The Bertz CT molecular complexity index is 779. The molecule has 0 fully saturated rings. The zero-order valence-corrected chi connectivity index (χ0v) is 10.3. The monoisotopic (exact) mass is 253 g/mol. The van der Waals surface area contributed by atoms with E-state index in [0.29, 0.717) is 0 Å². The molecule has 0 unspecified atom stereocenters. The van der Waals surface area contributed by atoms with Crippen LogP contribution in [0.5, 0.6) is 11.5 Å². The molecule has 5 heteroatoms. The van der Waals surface area contributed by atoms with Gasteiger partial charge >= 0.3 is 0 Å². The third-order valence-electron chi connectivity index (χ3n) is 3.32. The Morgan fingerprint density at radius 2 is 2.16 bits per heavy atom. The second-order valence-corrected chi connectivity index (χ2v) is 4.40. The molecule has 0 N–H and O–H groups in total. The smallest absolute Gasteiger partial charge is 0.231 e. The maximum atomic E-state index is 5.54. The first-order chi connectivity index (χ1) is 9.34. The van der Waals surface area contributed by atoms with E-state index < -0.39 is 0 Å². The number of hydrogen-bond acceptors (Lipinski definition) is 4. The Balaban J connectivity index is 2.01. The van der Waals surface area contributed by atoms with Crippen molar-refractivity contribution < 1.29 is 9.47 Å². The SMILES string of the molecule is Cn1c(-c2cccc3c2OCO3)nc2cnccc21. The molecule has 0 atom stereocenters. The second kappa shape index (κ2) is 3.71. The number of aromatic nitrogens is 3. The molecule has 0 bridgehead atoms. The van der Waals surface area contributed by atoms with Gasteiger partial charge in [-0.1, -0.05) is 6.07 Å². The zero-order chi connectivity index (χ0) is 12.8. The Labute approximate surface area is 109 Å². The summed E-state index contributed by atoms with van der Waals surface area (Å²) in [4.78, 5) is 8.73. The van der Waals surface area contributed by atoms with Gasteiger partial charge in [0.25, 0.3) is 0 Å². The number of ether oxygens (including phenoxy) is 2. The van der Waals surface area contributed by atoms with Gasteiger partial charge in [-0.2, -0.15) is 0 Å². The fourth-order valence-electron chi connectivity index (χ4n) is 2.40. The number of fused-ring (bicyclic) bond motifs is 2. The molecule has 2 aromatic heterocycles. The molecule has 0 radical (unpaired) electrons. The standard InChI is InChI=1S/C14H11N3O2/c1-17-11-5-6-15-7-10(11)16-14(17)9-3-2-4-12-13(9)19-8-18-12/h2-7H,8H2,1H3. The van der Waals surface area contributed by atoms with Crippen LogP contribution in [0.25, 0.3) is 22.4 Å². The summed E-state index contributed by atoms with van der Waals surface area (Å²) < 4.78 is 13.0. The van der Waals surface area contributed by atoms with E-state index in [1.165, 1.54) is 0 Å². The minimum Gasteiger partial charge on any atom is -0.454 e. The molecule has 3 heterocycles. The highest BCUT2D eigenvalue weighted by atomic mass is 16.7. The zero-order valence-electron chi connectivity index (χ0n) is 10.3. The average Bonchev–Trinajstić information content (AvgIpc) is 3.04. The highest BCUT2D eigenvalue weighted by Gasteiger charge is 2.21. The van der Waals surface area contributed by atoms with E-state index in [0.717, 1.165) is 33.9 Å². The van der Waals surface area contributed by atoms with E-state index in [1.54, 1.807) is 12.4 Å². The Kier molecular flexibility index (Phi) is 2.03. The molecule has 3 aromatic rings. The van der Waals surface area contributed by atoms with Crippen LogP contribution in [0.2, 0.25) is 0 Å². The summed E-state index contributed by atoms with van der Waals surface area (Å²) in [7, 11) is 1.99. The fourth-order valence-corrected chi connectivity index (χ4v) is 2.40. The van der Waals surface area contributed by atoms with Gasteiger partial charge in [-0.15, -0.1) is 0 Å². The quantitative estimate of drug-likeness (QED) is 0.668. The normalized spacial score (nSPS) is 13.1. The number of nitrogens with zero attached hydrogens (tertiary/aromatic N) is 3. The van der Waals surface area contributed by atoms with Crippen molar-refractivity contribution in [1.82, 2.24) is 14.5 Å². The van der Waals surface area contributed by atoms with Gasteiger partial charge in [0.1, 0.15) is 11.3 Å². The van der Waals surface area contributed by atoms with Crippen molar-refractivity contribution in [2.24, 2.45) is 7.05 Å². The lowest BCUT2D eigenvalue weighted by atomic mass is 10.2. The number of benzene rings is 1. The van der Waals surface area contributed by atoms with E-state index in [2.05, 4.69) is 9.97 Å². The first-order valence-electron chi connectivity index (χ1n) is 6.00. The average molecular weight is 253 g/mol. The van der Waals surface area contributed by atoms with Crippen LogP contribution in [0.4, 0.5) is 0 Å². The van der Waals surface area contributed by atoms with E-state index in [4.69, 9.17) is 9.47 Å². The van der Waals surface area contributed by atoms with Crippen molar-refractivity contribution in [3.63, 3.8) is 0 Å². The van der Waals surface area contributed by atoms with Gasteiger partial charge in [0.2, 0.25) is 6.79 Å². The lowest BCUT2D eigenvalue weighted by Crippen LogP contribution is -1.96. The lowest BCUT2D eigenvalue weighted by Gasteiger charge is -2.05. The van der Waals surface area contributed by atoms with Crippen LogP contribution in [-0.2, 0) is 7.05 Å². The van der Waals surface area contributed by atoms with Crippen LogP contribution in [0, 0.1) is 0 Å². The molecular weight excluding hydrogens is 242 g/mol. The second-order valence-electron chi connectivity index (χ2n) is 4.40. The topological polar surface area (TPSA) is 49.2 Å². The van der Waals surface area contributed by atoms with Gasteiger partial charge in [0, 0.05) is 13.2 Å². The van der Waals surface area contributed by atoms with Gasteiger partial charge in [-0.05, 0) is 18.2 Å². The van der Waals surface area contributed by atoms with Crippen molar-refractivity contribution >= 4 is 11.0 Å². The summed E-state index contributed by atoms with van der Waals surface area (Å²) in [5.74, 6) is 2.38. The lowest BCUT2D eigenvalue weighted by molar-refractivity contribution is 0.174.